The van der Waals surface area contributed by atoms with Crippen LogP contribution in [0.25, 0.3) is 21.8 Å². The number of rotatable bonds is 6. The highest BCUT2D eigenvalue weighted by Crippen LogP contribution is 2.29. The first-order valence-corrected chi connectivity index (χ1v) is 8.63. The first-order chi connectivity index (χ1) is 11.8. The van der Waals surface area contributed by atoms with Crippen LogP contribution in [0, 0.1) is 0 Å². The summed E-state index contributed by atoms with van der Waals surface area (Å²) >= 11 is 1.61. The van der Waals surface area contributed by atoms with Crippen LogP contribution in [-0.4, -0.2) is 24.1 Å². The first kappa shape index (κ1) is 16.4. The molecule has 0 saturated carbocycles. The highest BCUT2D eigenvalue weighted by molar-refractivity contribution is 7.13. The van der Waals surface area contributed by atoms with Gasteiger partial charge in [-0.05, 0) is 19.1 Å². The lowest BCUT2D eigenvalue weighted by Gasteiger charge is -2.06. The predicted octanol–water partition coefficient (Wildman–Crippen LogP) is 4.45. The summed E-state index contributed by atoms with van der Waals surface area (Å²) in [6.45, 7) is 2.45. The average molecular weight is 338 g/mol. The number of hydrogen-bond donors (Lipinski definition) is 1. The summed E-state index contributed by atoms with van der Waals surface area (Å²) in [7, 11) is 0. The summed E-state index contributed by atoms with van der Waals surface area (Å²) in [5.74, 6) is -0.155. The maximum absolute atomic E-state index is 11.8. The molecule has 3 rings (SSSR count). The van der Waals surface area contributed by atoms with Gasteiger partial charge in [0.25, 0.3) is 0 Å². The number of benzene rings is 2. The van der Waals surface area contributed by atoms with E-state index in [0.717, 1.165) is 27.5 Å². The van der Waals surface area contributed by atoms with Crippen molar-refractivity contribution in [2.45, 2.75) is 6.92 Å². The number of aromatic nitrogens is 1. The van der Waals surface area contributed by atoms with Crippen LogP contribution in [0.1, 0.15) is 6.92 Å². The van der Waals surface area contributed by atoms with Crippen molar-refractivity contribution in [3.63, 3.8) is 0 Å². The van der Waals surface area contributed by atoms with E-state index in [0.29, 0.717) is 6.61 Å². The molecule has 0 atom stereocenters. The highest BCUT2D eigenvalue weighted by atomic mass is 32.1. The fourth-order valence-corrected chi connectivity index (χ4v) is 3.10. The van der Waals surface area contributed by atoms with Crippen LogP contribution in [0.2, 0.25) is 0 Å². The van der Waals surface area contributed by atoms with Gasteiger partial charge >= 0.3 is 0 Å². The molecule has 122 valence electrons. The van der Waals surface area contributed by atoms with Crippen LogP contribution in [0.4, 0.5) is 5.69 Å². The molecule has 0 bridgehead atoms. The smallest absolute Gasteiger partial charge is 0.250 e. The van der Waals surface area contributed by atoms with Crippen molar-refractivity contribution < 1.29 is 9.53 Å². The fourth-order valence-electron chi connectivity index (χ4n) is 2.27. The van der Waals surface area contributed by atoms with Crippen molar-refractivity contribution in [2.24, 2.45) is 0 Å². The van der Waals surface area contributed by atoms with Gasteiger partial charge in [-0.15, -0.1) is 11.3 Å². The monoisotopic (exact) mass is 338 g/mol. The number of amides is 1. The second-order valence-corrected chi connectivity index (χ2v) is 6.03. The Kier molecular flexibility index (Phi) is 5.36. The maximum atomic E-state index is 11.8. The van der Waals surface area contributed by atoms with E-state index in [9.17, 15) is 4.79 Å². The summed E-state index contributed by atoms with van der Waals surface area (Å²) in [6.07, 6.45) is 0. The van der Waals surface area contributed by atoms with Crippen LogP contribution in [0.15, 0.2) is 60.0 Å². The summed E-state index contributed by atoms with van der Waals surface area (Å²) < 4.78 is 5.11. The van der Waals surface area contributed by atoms with Crippen molar-refractivity contribution in [3.05, 3.63) is 60.0 Å². The number of thiazole rings is 1. The molecule has 3 aromatic rings. The summed E-state index contributed by atoms with van der Waals surface area (Å²) in [4.78, 5) is 16.5. The third-order valence-electron chi connectivity index (χ3n) is 3.40. The minimum atomic E-state index is -0.155. The first-order valence-electron chi connectivity index (χ1n) is 7.75. The number of anilines is 1. The molecule has 5 heteroatoms. The zero-order chi connectivity index (χ0) is 16.8. The largest absolute Gasteiger partial charge is 0.372 e. The third-order valence-corrected chi connectivity index (χ3v) is 4.30. The molecule has 1 N–H and O–H groups in total. The SMILES string of the molecule is CCOCC(=O)Nc1cccc(-c2csc(-c3ccccc3)n2)c1. The number of hydrogen-bond acceptors (Lipinski definition) is 4. The highest BCUT2D eigenvalue weighted by Gasteiger charge is 2.08. The lowest BCUT2D eigenvalue weighted by molar-refractivity contribution is -0.120. The Balaban J connectivity index is 1.77. The number of carbonyl (C=O) groups is 1. The molecule has 1 amide bonds. The minimum absolute atomic E-state index is 0.0651. The molecule has 0 aliphatic heterocycles. The Hall–Kier alpha value is -2.50. The van der Waals surface area contributed by atoms with Gasteiger partial charge in [0.2, 0.25) is 5.91 Å². The molecule has 2 aromatic carbocycles. The van der Waals surface area contributed by atoms with E-state index in [1.54, 1.807) is 11.3 Å². The Labute approximate surface area is 145 Å². The lowest BCUT2D eigenvalue weighted by Crippen LogP contribution is -2.18. The molecule has 0 radical (unpaired) electrons. The predicted molar refractivity (Wildman–Crippen MR) is 98.1 cm³/mol. The molecule has 1 heterocycles. The molecule has 1 aromatic heterocycles. The van der Waals surface area contributed by atoms with Gasteiger partial charge < -0.3 is 10.1 Å². The van der Waals surface area contributed by atoms with Crippen molar-refractivity contribution in [1.29, 1.82) is 0 Å². The van der Waals surface area contributed by atoms with Gasteiger partial charge in [-0.1, -0.05) is 42.5 Å². The molecule has 0 aliphatic rings. The molecule has 0 saturated heterocycles. The zero-order valence-electron chi connectivity index (χ0n) is 13.4. The second kappa shape index (κ2) is 7.86. The van der Waals surface area contributed by atoms with Gasteiger partial charge in [-0.25, -0.2) is 4.98 Å². The molecular formula is C19H18N2O2S. The second-order valence-electron chi connectivity index (χ2n) is 5.17. The molecule has 0 spiro atoms. The Morgan fingerprint density at radius 1 is 1.12 bits per heavy atom. The summed E-state index contributed by atoms with van der Waals surface area (Å²) in [5, 5.41) is 5.85. The van der Waals surface area contributed by atoms with E-state index >= 15 is 0 Å². The van der Waals surface area contributed by atoms with E-state index in [2.05, 4.69) is 5.32 Å². The van der Waals surface area contributed by atoms with Crippen molar-refractivity contribution in [2.75, 3.05) is 18.5 Å². The maximum Gasteiger partial charge on any atom is 0.250 e. The van der Waals surface area contributed by atoms with Gasteiger partial charge in [0.15, 0.2) is 0 Å². The lowest BCUT2D eigenvalue weighted by atomic mass is 10.1. The van der Waals surface area contributed by atoms with E-state index in [1.807, 2.05) is 66.9 Å². The van der Waals surface area contributed by atoms with Crippen LogP contribution in [0.3, 0.4) is 0 Å². The average Bonchev–Trinajstić information content (AvgIpc) is 3.11. The van der Waals surface area contributed by atoms with E-state index in [1.165, 1.54) is 0 Å². The van der Waals surface area contributed by atoms with Gasteiger partial charge in [0, 0.05) is 28.8 Å². The van der Waals surface area contributed by atoms with Gasteiger partial charge in [0.05, 0.1) is 5.69 Å². The number of carbonyl (C=O) groups excluding carboxylic acids is 1. The fraction of sp³-hybridized carbons (Fsp3) is 0.158. The van der Waals surface area contributed by atoms with Crippen LogP contribution >= 0.6 is 11.3 Å². The summed E-state index contributed by atoms with van der Waals surface area (Å²) in [6, 6.07) is 17.8. The van der Waals surface area contributed by atoms with Crippen molar-refractivity contribution in [3.8, 4) is 21.8 Å². The van der Waals surface area contributed by atoms with Crippen LogP contribution in [0.5, 0.6) is 0 Å². The molecule has 24 heavy (non-hydrogen) atoms. The molecule has 0 unspecified atom stereocenters. The third kappa shape index (κ3) is 4.07. The van der Waals surface area contributed by atoms with Crippen molar-refractivity contribution >= 4 is 22.9 Å². The number of ether oxygens (including phenoxy) is 1. The van der Waals surface area contributed by atoms with E-state index in [-0.39, 0.29) is 12.5 Å². The van der Waals surface area contributed by atoms with Gasteiger partial charge in [-0.2, -0.15) is 0 Å². The number of nitrogens with one attached hydrogen (secondary N) is 1. The molecule has 0 aliphatic carbocycles. The van der Waals surface area contributed by atoms with E-state index in [4.69, 9.17) is 9.72 Å². The Morgan fingerprint density at radius 3 is 2.71 bits per heavy atom. The molecule has 4 nitrogen and oxygen atoms in total. The Bertz CT molecular complexity index is 815. The Morgan fingerprint density at radius 2 is 1.92 bits per heavy atom. The summed E-state index contributed by atoms with van der Waals surface area (Å²) in [5.41, 5.74) is 3.73. The molecule has 0 fully saturated rings. The van der Waals surface area contributed by atoms with Crippen molar-refractivity contribution in [1.82, 2.24) is 4.98 Å². The standard InChI is InChI=1S/C19H18N2O2S/c1-2-23-12-18(22)20-16-10-6-9-15(11-16)17-13-24-19(21-17)14-7-4-3-5-8-14/h3-11,13H,2,12H2,1H3,(H,20,22). The van der Waals surface area contributed by atoms with Crippen LogP contribution in [-0.2, 0) is 9.53 Å². The van der Waals surface area contributed by atoms with E-state index < -0.39 is 0 Å². The minimum Gasteiger partial charge on any atom is -0.372 e. The molecular weight excluding hydrogens is 320 g/mol. The van der Waals surface area contributed by atoms with Crippen LogP contribution < -0.4 is 5.32 Å². The van der Waals surface area contributed by atoms with Gasteiger partial charge in [-0.3, -0.25) is 4.79 Å². The topological polar surface area (TPSA) is 51.2 Å². The zero-order valence-corrected chi connectivity index (χ0v) is 14.2. The van der Waals surface area contributed by atoms with Gasteiger partial charge in [0.1, 0.15) is 11.6 Å². The quantitative estimate of drug-likeness (QED) is 0.722. The number of nitrogens with zero attached hydrogens (tertiary/aromatic N) is 1. The normalized spacial score (nSPS) is 10.5.